The first kappa shape index (κ1) is 16.2. The number of aromatic nitrogens is 1. The minimum Gasteiger partial charge on any atom is -0.365 e. The topological polar surface area (TPSA) is 54.0 Å². The molecule has 24 heavy (non-hydrogen) atoms. The molecule has 0 aliphatic heterocycles. The van der Waals surface area contributed by atoms with Gasteiger partial charge >= 0.3 is 0 Å². The fraction of sp³-hybridized carbons (Fsp3) is 0.0526. The Bertz CT molecular complexity index is 837. The summed E-state index contributed by atoms with van der Waals surface area (Å²) in [5, 5.41) is 6.12. The number of carbonyl (C=O) groups is 1. The fourth-order valence-electron chi connectivity index (χ4n) is 2.28. The first-order valence-corrected chi connectivity index (χ1v) is 8.31. The van der Waals surface area contributed by atoms with E-state index in [0.717, 1.165) is 15.7 Å². The fourth-order valence-corrected chi connectivity index (χ4v) is 2.67. The summed E-state index contributed by atoms with van der Waals surface area (Å²) < 4.78 is 0.911. The summed E-state index contributed by atoms with van der Waals surface area (Å²) in [7, 11) is 0. The monoisotopic (exact) mass is 381 g/mol. The third kappa shape index (κ3) is 4.20. The van der Waals surface area contributed by atoms with Crippen molar-refractivity contribution in [2.45, 2.75) is 6.54 Å². The van der Waals surface area contributed by atoms with Crippen molar-refractivity contribution in [1.82, 2.24) is 4.98 Å². The lowest BCUT2D eigenvalue weighted by Crippen LogP contribution is -2.15. The van der Waals surface area contributed by atoms with E-state index in [1.54, 1.807) is 18.3 Å². The number of benzene rings is 2. The molecular formula is C19H16BrN3O. The van der Waals surface area contributed by atoms with Crippen LogP contribution in [0.3, 0.4) is 0 Å². The Morgan fingerprint density at radius 2 is 1.83 bits per heavy atom. The lowest BCUT2D eigenvalue weighted by Gasteiger charge is -2.11. The Kier molecular flexibility index (Phi) is 5.23. The molecule has 2 aromatic carbocycles. The molecule has 1 heterocycles. The largest absolute Gasteiger partial charge is 0.365 e. The molecule has 4 nitrogen and oxygen atoms in total. The Labute approximate surface area is 149 Å². The maximum Gasteiger partial charge on any atom is 0.259 e. The van der Waals surface area contributed by atoms with E-state index in [2.05, 4.69) is 31.5 Å². The van der Waals surface area contributed by atoms with Gasteiger partial charge in [-0.3, -0.25) is 4.79 Å². The highest BCUT2D eigenvalue weighted by Gasteiger charge is 2.12. The molecule has 3 rings (SSSR count). The summed E-state index contributed by atoms with van der Waals surface area (Å²) in [5.74, 6) is 0.366. The van der Waals surface area contributed by atoms with Crippen LogP contribution in [0.5, 0.6) is 0 Å². The molecule has 0 atom stereocenters. The predicted octanol–water partition coefficient (Wildman–Crippen LogP) is 4.71. The number of hydrogen-bond donors (Lipinski definition) is 2. The van der Waals surface area contributed by atoms with Crippen LogP contribution in [0.15, 0.2) is 77.4 Å². The smallest absolute Gasteiger partial charge is 0.259 e. The van der Waals surface area contributed by atoms with Crippen LogP contribution in [-0.2, 0) is 6.54 Å². The van der Waals surface area contributed by atoms with Crippen LogP contribution in [0.1, 0.15) is 15.9 Å². The van der Waals surface area contributed by atoms with Gasteiger partial charge in [-0.05, 0) is 35.9 Å². The van der Waals surface area contributed by atoms with Crippen LogP contribution in [-0.4, -0.2) is 10.9 Å². The summed E-state index contributed by atoms with van der Waals surface area (Å²) >= 11 is 3.40. The van der Waals surface area contributed by atoms with Crippen molar-refractivity contribution in [2.75, 3.05) is 10.6 Å². The van der Waals surface area contributed by atoms with Gasteiger partial charge < -0.3 is 10.6 Å². The molecule has 3 aromatic rings. The molecule has 2 N–H and O–H groups in total. The van der Waals surface area contributed by atoms with Crippen LogP contribution < -0.4 is 10.6 Å². The standard InChI is InChI=1S/C19H16BrN3O/c20-15-8-4-9-16(12-15)23-19(24)17-10-5-11-21-18(17)22-13-14-6-2-1-3-7-14/h1-12H,13H2,(H,21,22)(H,23,24). The molecule has 0 bridgehead atoms. The summed E-state index contributed by atoms with van der Waals surface area (Å²) in [6.07, 6.45) is 1.67. The first-order valence-electron chi connectivity index (χ1n) is 7.52. The number of pyridine rings is 1. The van der Waals surface area contributed by atoms with Crippen molar-refractivity contribution in [1.29, 1.82) is 0 Å². The van der Waals surface area contributed by atoms with E-state index >= 15 is 0 Å². The second-order valence-corrected chi connectivity index (χ2v) is 6.12. The minimum atomic E-state index is -0.197. The normalized spacial score (nSPS) is 10.2. The van der Waals surface area contributed by atoms with Crippen molar-refractivity contribution in [3.63, 3.8) is 0 Å². The maximum absolute atomic E-state index is 12.6. The van der Waals surface area contributed by atoms with Crippen LogP contribution in [0, 0.1) is 0 Å². The van der Waals surface area contributed by atoms with Crippen molar-refractivity contribution < 1.29 is 4.79 Å². The van der Waals surface area contributed by atoms with Crippen molar-refractivity contribution in [3.8, 4) is 0 Å². The zero-order valence-electron chi connectivity index (χ0n) is 12.9. The van der Waals surface area contributed by atoms with Crippen molar-refractivity contribution in [3.05, 3.63) is 88.5 Å². The average molecular weight is 382 g/mol. The molecule has 0 radical (unpaired) electrons. The van der Waals surface area contributed by atoms with Gasteiger partial charge in [0, 0.05) is 22.9 Å². The number of amides is 1. The molecule has 0 saturated heterocycles. The molecule has 0 unspecified atom stereocenters. The molecule has 5 heteroatoms. The highest BCUT2D eigenvalue weighted by atomic mass is 79.9. The Morgan fingerprint density at radius 1 is 1.00 bits per heavy atom. The van der Waals surface area contributed by atoms with E-state index < -0.39 is 0 Å². The summed E-state index contributed by atoms with van der Waals surface area (Å²) in [6.45, 7) is 0.606. The third-order valence-electron chi connectivity index (χ3n) is 3.44. The SMILES string of the molecule is O=C(Nc1cccc(Br)c1)c1cccnc1NCc1ccccc1. The molecule has 0 spiro atoms. The summed E-state index contributed by atoms with van der Waals surface area (Å²) in [4.78, 5) is 16.8. The molecule has 120 valence electrons. The Hall–Kier alpha value is -2.66. The molecule has 0 fully saturated rings. The van der Waals surface area contributed by atoms with Crippen molar-refractivity contribution >= 4 is 33.3 Å². The van der Waals surface area contributed by atoms with E-state index in [0.29, 0.717) is 17.9 Å². The molecular weight excluding hydrogens is 366 g/mol. The molecule has 1 aromatic heterocycles. The molecule has 0 saturated carbocycles. The maximum atomic E-state index is 12.6. The number of nitrogens with one attached hydrogen (secondary N) is 2. The van der Waals surface area contributed by atoms with Gasteiger partial charge in [0.2, 0.25) is 0 Å². The van der Waals surface area contributed by atoms with Gasteiger partial charge in [-0.15, -0.1) is 0 Å². The highest BCUT2D eigenvalue weighted by Crippen LogP contribution is 2.19. The average Bonchev–Trinajstić information content (AvgIpc) is 2.61. The summed E-state index contributed by atoms with van der Waals surface area (Å²) in [5.41, 5.74) is 2.36. The van der Waals surface area contributed by atoms with Gasteiger partial charge in [0.1, 0.15) is 5.82 Å². The van der Waals surface area contributed by atoms with E-state index in [9.17, 15) is 4.79 Å². The lowest BCUT2D eigenvalue weighted by molar-refractivity contribution is 0.102. The molecule has 0 aliphatic carbocycles. The second kappa shape index (κ2) is 7.75. The van der Waals surface area contributed by atoms with E-state index in [1.807, 2.05) is 54.6 Å². The second-order valence-electron chi connectivity index (χ2n) is 5.20. The van der Waals surface area contributed by atoms with Crippen LogP contribution in [0.4, 0.5) is 11.5 Å². The van der Waals surface area contributed by atoms with Gasteiger partial charge in [0.25, 0.3) is 5.91 Å². The highest BCUT2D eigenvalue weighted by molar-refractivity contribution is 9.10. The number of anilines is 2. The lowest BCUT2D eigenvalue weighted by atomic mass is 10.2. The Balaban J connectivity index is 1.74. The Morgan fingerprint density at radius 3 is 2.62 bits per heavy atom. The third-order valence-corrected chi connectivity index (χ3v) is 3.93. The number of hydrogen-bond acceptors (Lipinski definition) is 3. The number of carbonyl (C=O) groups excluding carboxylic acids is 1. The van der Waals surface area contributed by atoms with E-state index in [-0.39, 0.29) is 5.91 Å². The number of nitrogens with zero attached hydrogens (tertiary/aromatic N) is 1. The van der Waals surface area contributed by atoms with Gasteiger partial charge in [-0.25, -0.2) is 4.98 Å². The summed E-state index contributed by atoms with van der Waals surface area (Å²) in [6, 6.07) is 21.0. The van der Waals surface area contributed by atoms with Gasteiger partial charge in [0.15, 0.2) is 0 Å². The van der Waals surface area contributed by atoms with E-state index in [4.69, 9.17) is 0 Å². The molecule has 0 aliphatic rings. The number of rotatable bonds is 5. The predicted molar refractivity (Wildman–Crippen MR) is 100 cm³/mol. The van der Waals surface area contributed by atoms with Gasteiger partial charge in [-0.1, -0.05) is 52.3 Å². The number of halogens is 1. The quantitative estimate of drug-likeness (QED) is 0.672. The minimum absolute atomic E-state index is 0.197. The molecule has 1 amide bonds. The first-order chi connectivity index (χ1) is 11.7. The van der Waals surface area contributed by atoms with Gasteiger partial charge in [0.05, 0.1) is 5.56 Å². The zero-order valence-corrected chi connectivity index (χ0v) is 14.5. The van der Waals surface area contributed by atoms with Crippen LogP contribution >= 0.6 is 15.9 Å². The van der Waals surface area contributed by atoms with Crippen LogP contribution in [0.25, 0.3) is 0 Å². The van der Waals surface area contributed by atoms with E-state index in [1.165, 1.54) is 0 Å². The van der Waals surface area contributed by atoms with Gasteiger partial charge in [-0.2, -0.15) is 0 Å². The zero-order chi connectivity index (χ0) is 16.8. The van der Waals surface area contributed by atoms with Crippen LogP contribution in [0.2, 0.25) is 0 Å². The van der Waals surface area contributed by atoms with Crippen molar-refractivity contribution in [2.24, 2.45) is 0 Å².